The van der Waals surface area contributed by atoms with Gasteiger partial charge in [-0.25, -0.2) is 0 Å². The van der Waals surface area contributed by atoms with Gasteiger partial charge in [-0.1, -0.05) is 18.9 Å². The molecule has 3 atom stereocenters. The van der Waals surface area contributed by atoms with Crippen molar-refractivity contribution in [2.24, 2.45) is 5.92 Å². The lowest BCUT2D eigenvalue weighted by Gasteiger charge is -2.39. The lowest BCUT2D eigenvalue weighted by molar-refractivity contribution is -0.119. The van der Waals surface area contributed by atoms with Crippen LogP contribution in [-0.2, 0) is 4.79 Å². The standard InChI is InChI=1S/C17H24N2O2/c1-11-6-9-16(20)15(10-11)19-17(21)14-8-7-12-4-2-3-5-13(12)18-14/h6,9-10,12-14,18,20H,2-5,7-8H2,1H3,(H,19,21). The molecule has 1 aromatic rings. The van der Waals surface area contributed by atoms with Crippen molar-refractivity contribution in [3.8, 4) is 5.75 Å². The fourth-order valence-corrected chi connectivity index (χ4v) is 3.67. The number of hydrogen-bond donors (Lipinski definition) is 3. The third kappa shape index (κ3) is 3.21. The Morgan fingerprint density at radius 1 is 1.24 bits per heavy atom. The summed E-state index contributed by atoms with van der Waals surface area (Å²) in [5.74, 6) is 0.843. The first kappa shape index (κ1) is 14.4. The molecular weight excluding hydrogens is 264 g/mol. The van der Waals surface area contributed by atoms with Gasteiger partial charge in [-0.05, 0) is 56.2 Å². The van der Waals surface area contributed by atoms with E-state index in [1.165, 1.54) is 25.7 Å². The van der Waals surface area contributed by atoms with E-state index in [2.05, 4.69) is 10.6 Å². The average molecular weight is 288 g/mol. The molecule has 0 radical (unpaired) electrons. The highest BCUT2D eigenvalue weighted by Crippen LogP contribution is 2.32. The molecule has 3 unspecified atom stereocenters. The molecule has 3 N–H and O–H groups in total. The number of rotatable bonds is 2. The van der Waals surface area contributed by atoms with Gasteiger partial charge in [-0.15, -0.1) is 0 Å². The SMILES string of the molecule is Cc1ccc(O)c(NC(=O)C2CCC3CCCCC3N2)c1. The Kier molecular flexibility index (Phi) is 4.15. The molecule has 1 aliphatic carbocycles. The van der Waals surface area contributed by atoms with Crippen molar-refractivity contribution in [1.29, 1.82) is 0 Å². The van der Waals surface area contributed by atoms with Gasteiger partial charge < -0.3 is 15.7 Å². The monoisotopic (exact) mass is 288 g/mol. The Labute approximate surface area is 125 Å². The zero-order valence-electron chi connectivity index (χ0n) is 12.6. The van der Waals surface area contributed by atoms with Crippen molar-refractivity contribution >= 4 is 11.6 Å². The van der Waals surface area contributed by atoms with Crippen LogP contribution in [0, 0.1) is 12.8 Å². The van der Waals surface area contributed by atoms with Gasteiger partial charge in [0.25, 0.3) is 0 Å². The van der Waals surface area contributed by atoms with E-state index in [-0.39, 0.29) is 17.7 Å². The summed E-state index contributed by atoms with van der Waals surface area (Å²) >= 11 is 0. The Morgan fingerprint density at radius 2 is 2.05 bits per heavy atom. The fraction of sp³-hybridized carbons (Fsp3) is 0.588. The molecule has 1 aliphatic heterocycles. The van der Waals surface area contributed by atoms with Crippen LogP contribution < -0.4 is 10.6 Å². The van der Waals surface area contributed by atoms with Gasteiger partial charge in [0.2, 0.25) is 5.91 Å². The minimum atomic E-state index is -0.135. The number of fused-ring (bicyclic) bond motifs is 1. The van der Waals surface area contributed by atoms with Crippen molar-refractivity contribution in [3.63, 3.8) is 0 Å². The smallest absolute Gasteiger partial charge is 0.241 e. The van der Waals surface area contributed by atoms with E-state index in [4.69, 9.17) is 0 Å². The lowest BCUT2D eigenvalue weighted by atomic mass is 9.77. The molecule has 1 heterocycles. The number of carbonyl (C=O) groups excluding carboxylic acids is 1. The summed E-state index contributed by atoms with van der Waals surface area (Å²) in [6.07, 6.45) is 7.10. The summed E-state index contributed by atoms with van der Waals surface area (Å²) in [4.78, 5) is 12.4. The summed E-state index contributed by atoms with van der Waals surface area (Å²) < 4.78 is 0. The summed E-state index contributed by atoms with van der Waals surface area (Å²) in [7, 11) is 0. The Balaban J connectivity index is 1.64. The second-order valence-corrected chi connectivity index (χ2v) is 6.46. The lowest BCUT2D eigenvalue weighted by Crippen LogP contribution is -2.53. The molecule has 3 rings (SSSR count). The molecule has 1 aromatic carbocycles. The molecule has 4 nitrogen and oxygen atoms in total. The van der Waals surface area contributed by atoms with Crippen LogP contribution in [0.2, 0.25) is 0 Å². The van der Waals surface area contributed by atoms with E-state index in [1.807, 2.05) is 13.0 Å². The molecule has 0 aromatic heterocycles. The van der Waals surface area contributed by atoms with Crippen molar-refractivity contribution in [2.45, 2.75) is 57.5 Å². The van der Waals surface area contributed by atoms with Crippen LogP contribution in [0.4, 0.5) is 5.69 Å². The summed E-state index contributed by atoms with van der Waals surface area (Å²) in [5, 5.41) is 16.2. The highest BCUT2D eigenvalue weighted by molar-refractivity contribution is 5.96. The molecule has 0 spiro atoms. The molecule has 1 saturated heterocycles. The molecule has 1 saturated carbocycles. The topological polar surface area (TPSA) is 61.4 Å². The van der Waals surface area contributed by atoms with E-state index in [0.717, 1.165) is 24.3 Å². The van der Waals surface area contributed by atoms with Crippen LogP contribution >= 0.6 is 0 Å². The minimum absolute atomic E-state index is 0.0278. The molecule has 21 heavy (non-hydrogen) atoms. The normalized spacial score (nSPS) is 28.7. The number of aryl methyl sites for hydroxylation is 1. The fourth-order valence-electron chi connectivity index (χ4n) is 3.67. The molecule has 4 heteroatoms. The zero-order chi connectivity index (χ0) is 14.8. The van der Waals surface area contributed by atoms with Crippen LogP contribution in [0.25, 0.3) is 0 Å². The maximum atomic E-state index is 12.4. The van der Waals surface area contributed by atoms with E-state index in [1.54, 1.807) is 12.1 Å². The van der Waals surface area contributed by atoms with Crippen LogP contribution in [0.3, 0.4) is 0 Å². The zero-order valence-corrected chi connectivity index (χ0v) is 12.6. The highest BCUT2D eigenvalue weighted by Gasteiger charge is 2.34. The number of aromatic hydroxyl groups is 1. The third-order valence-electron chi connectivity index (χ3n) is 4.88. The largest absolute Gasteiger partial charge is 0.506 e. The first-order valence-electron chi connectivity index (χ1n) is 8.00. The number of nitrogens with one attached hydrogen (secondary N) is 2. The van der Waals surface area contributed by atoms with Gasteiger partial charge in [0.15, 0.2) is 0 Å². The second-order valence-electron chi connectivity index (χ2n) is 6.46. The van der Waals surface area contributed by atoms with Gasteiger partial charge in [0.05, 0.1) is 11.7 Å². The maximum absolute atomic E-state index is 12.4. The predicted molar refractivity (Wildman–Crippen MR) is 83.4 cm³/mol. The minimum Gasteiger partial charge on any atom is -0.506 e. The Hall–Kier alpha value is -1.55. The van der Waals surface area contributed by atoms with Gasteiger partial charge in [0.1, 0.15) is 5.75 Å². The van der Waals surface area contributed by atoms with Gasteiger partial charge in [0, 0.05) is 6.04 Å². The van der Waals surface area contributed by atoms with Crippen LogP contribution in [0.5, 0.6) is 5.75 Å². The van der Waals surface area contributed by atoms with Gasteiger partial charge in [-0.3, -0.25) is 4.79 Å². The van der Waals surface area contributed by atoms with Gasteiger partial charge in [-0.2, -0.15) is 0 Å². The number of carbonyl (C=O) groups is 1. The van der Waals surface area contributed by atoms with E-state index < -0.39 is 0 Å². The summed E-state index contributed by atoms with van der Waals surface area (Å²) in [6, 6.07) is 5.62. The van der Waals surface area contributed by atoms with Gasteiger partial charge >= 0.3 is 0 Å². The molecule has 114 valence electrons. The van der Waals surface area contributed by atoms with Crippen molar-refractivity contribution in [1.82, 2.24) is 5.32 Å². The summed E-state index contributed by atoms with van der Waals surface area (Å²) in [6.45, 7) is 1.95. The van der Waals surface area contributed by atoms with Crippen LogP contribution in [0.1, 0.15) is 44.1 Å². The number of phenolic OH excluding ortho intramolecular Hbond substituents is 1. The summed E-state index contributed by atoms with van der Waals surface area (Å²) in [5.41, 5.74) is 1.53. The Morgan fingerprint density at radius 3 is 2.90 bits per heavy atom. The van der Waals surface area contributed by atoms with Crippen LogP contribution in [0.15, 0.2) is 18.2 Å². The first-order valence-corrected chi connectivity index (χ1v) is 8.00. The molecular formula is C17H24N2O2. The quantitative estimate of drug-likeness (QED) is 0.733. The Bertz CT molecular complexity index is 530. The van der Waals surface area contributed by atoms with Crippen LogP contribution in [-0.4, -0.2) is 23.1 Å². The van der Waals surface area contributed by atoms with E-state index in [0.29, 0.717) is 11.7 Å². The number of benzene rings is 1. The van der Waals surface area contributed by atoms with Crippen molar-refractivity contribution in [3.05, 3.63) is 23.8 Å². The number of hydrogen-bond acceptors (Lipinski definition) is 3. The molecule has 1 amide bonds. The number of amides is 1. The molecule has 2 fully saturated rings. The number of piperidine rings is 1. The van der Waals surface area contributed by atoms with E-state index in [9.17, 15) is 9.90 Å². The molecule has 0 bridgehead atoms. The predicted octanol–water partition coefficient (Wildman–Crippen LogP) is 2.95. The average Bonchev–Trinajstić information content (AvgIpc) is 2.50. The third-order valence-corrected chi connectivity index (χ3v) is 4.88. The highest BCUT2D eigenvalue weighted by atomic mass is 16.3. The van der Waals surface area contributed by atoms with Crippen molar-refractivity contribution in [2.75, 3.05) is 5.32 Å². The number of anilines is 1. The second kappa shape index (κ2) is 6.06. The first-order chi connectivity index (χ1) is 10.1. The van der Waals surface area contributed by atoms with Crippen molar-refractivity contribution < 1.29 is 9.90 Å². The van der Waals surface area contributed by atoms with E-state index >= 15 is 0 Å². The maximum Gasteiger partial charge on any atom is 0.241 e. The molecule has 2 aliphatic rings. The number of phenols is 1.